The number of hydrogen-bond acceptors (Lipinski definition) is 8. The highest BCUT2D eigenvalue weighted by atomic mass is 32.2. The Balaban J connectivity index is 1.26. The van der Waals surface area contributed by atoms with Gasteiger partial charge in [-0.2, -0.15) is 0 Å². The van der Waals surface area contributed by atoms with Gasteiger partial charge in [0.1, 0.15) is 5.82 Å². The van der Waals surface area contributed by atoms with Crippen molar-refractivity contribution in [1.29, 1.82) is 0 Å². The van der Waals surface area contributed by atoms with Gasteiger partial charge < -0.3 is 19.3 Å². The third-order valence-corrected chi connectivity index (χ3v) is 9.32. The Bertz CT molecular complexity index is 2460. The molecule has 0 amide bonds. The van der Waals surface area contributed by atoms with Crippen LogP contribution in [-0.2, 0) is 27.7 Å². The molecule has 0 spiro atoms. The second-order valence-corrected chi connectivity index (χ2v) is 13.4. The Morgan fingerprint density at radius 1 is 0.837 bits per heavy atom. The first-order chi connectivity index (χ1) is 23.5. The standard InChI is InChI=1S/C35H29F2N5O6S/c1-21-15-29(25-17-27(37)34(45)42(19-25)18-22-11-12-28-30(16-22)40-33(44)32(43)39-28)41-35(38-21)49(46,47)14-13-31(23-7-3-2-4-8-23)48-20-24-9-5-6-10-26(24)36/h2-12,15-17,19,31H,13-14,18,20H2,1H3,(H,39,43)(H,40,44). The van der Waals surface area contributed by atoms with Crippen molar-refractivity contribution in [2.75, 3.05) is 5.75 Å². The van der Waals surface area contributed by atoms with Gasteiger partial charge in [0, 0.05) is 23.0 Å². The molecule has 0 saturated carbocycles. The monoisotopic (exact) mass is 685 g/mol. The Labute approximate surface area is 277 Å². The second-order valence-electron chi connectivity index (χ2n) is 11.4. The lowest BCUT2D eigenvalue weighted by Crippen LogP contribution is -2.29. The normalized spacial score (nSPS) is 12.3. The van der Waals surface area contributed by atoms with Crippen molar-refractivity contribution < 1.29 is 21.9 Å². The molecule has 3 aromatic carbocycles. The van der Waals surface area contributed by atoms with Crippen molar-refractivity contribution >= 4 is 20.9 Å². The van der Waals surface area contributed by atoms with Crippen molar-refractivity contribution in [3.05, 3.63) is 156 Å². The van der Waals surface area contributed by atoms with E-state index in [4.69, 9.17) is 4.74 Å². The quantitative estimate of drug-likeness (QED) is 0.148. The van der Waals surface area contributed by atoms with E-state index in [1.54, 1.807) is 67.6 Å². The Hall–Kier alpha value is -5.60. The maximum atomic E-state index is 15.0. The summed E-state index contributed by atoms with van der Waals surface area (Å²) in [5.74, 6) is -1.93. The number of aromatic amines is 2. The van der Waals surface area contributed by atoms with E-state index in [-0.39, 0.29) is 30.8 Å². The predicted octanol–water partition coefficient (Wildman–Crippen LogP) is 4.59. The van der Waals surface area contributed by atoms with Crippen molar-refractivity contribution in [1.82, 2.24) is 24.5 Å². The summed E-state index contributed by atoms with van der Waals surface area (Å²) >= 11 is 0. The molecule has 1 atom stereocenters. The van der Waals surface area contributed by atoms with Crippen LogP contribution in [0.15, 0.2) is 111 Å². The van der Waals surface area contributed by atoms with Gasteiger partial charge in [0.25, 0.3) is 5.56 Å². The van der Waals surface area contributed by atoms with Crippen LogP contribution >= 0.6 is 0 Å². The maximum Gasteiger partial charge on any atom is 0.314 e. The largest absolute Gasteiger partial charge is 0.369 e. The molecule has 0 aliphatic heterocycles. The first-order valence-electron chi connectivity index (χ1n) is 15.1. The lowest BCUT2D eigenvalue weighted by molar-refractivity contribution is 0.0361. The van der Waals surface area contributed by atoms with Crippen molar-refractivity contribution in [3.63, 3.8) is 0 Å². The molecular formula is C35H29F2N5O6S. The summed E-state index contributed by atoms with van der Waals surface area (Å²) < 4.78 is 63.5. The Morgan fingerprint density at radius 3 is 2.31 bits per heavy atom. The summed E-state index contributed by atoms with van der Waals surface area (Å²) in [5.41, 5.74) is 0.176. The number of H-pyrrole nitrogens is 2. The van der Waals surface area contributed by atoms with Gasteiger partial charge in [-0.15, -0.1) is 0 Å². The van der Waals surface area contributed by atoms with E-state index >= 15 is 0 Å². The summed E-state index contributed by atoms with van der Waals surface area (Å²) in [7, 11) is -4.10. The lowest BCUT2D eigenvalue weighted by Gasteiger charge is -2.19. The number of nitrogens with one attached hydrogen (secondary N) is 2. The van der Waals surface area contributed by atoms with E-state index in [9.17, 15) is 31.6 Å². The van der Waals surface area contributed by atoms with Crippen LogP contribution in [0.1, 0.15) is 34.9 Å². The molecule has 2 N–H and O–H groups in total. The zero-order chi connectivity index (χ0) is 34.7. The van der Waals surface area contributed by atoms with E-state index < -0.39 is 55.2 Å². The molecule has 0 aliphatic carbocycles. The average molecular weight is 686 g/mol. The number of pyridine rings is 1. The molecule has 6 aromatic rings. The minimum atomic E-state index is -4.10. The van der Waals surface area contributed by atoms with Gasteiger partial charge in [0.2, 0.25) is 15.0 Å². The number of benzene rings is 3. The number of aromatic nitrogens is 5. The smallest absolute Gasteiger partial charge is 0.314 e. The number of fused-ring (bicyclic) bond motifs is 1. The highest BCUT2D eigenvalue weighted by Gasteiger charge is 2.24. The van der Waals surface area contributed by atoms with Gasteiger partial charge in [0.15, 0.2) is 5.82 Å². The molecule has 0 fully saturated rings. The zero-order valence-corrected chi connectivity index (χ0v) is 26.8. The van der Waals surface area contributed by atoms with Crippen LogP contribution in [0.5, 0.6) is 0 Å². The van der Waals surface area contributed by atoms with Crippen LogP contribution in [0.2, 0.25) is 0 Å². The summed E-state index contributed by atoms with van der Waals surface area (Å²) in [6, 6.07) is 22.3. The third kappa shape index (κ3) is 7.60. The van der Waals surface area contributed by atoms with Crippen LogP contribution in [0, 0.1) is 18.6 Å². The van der Waals surface area contributed by atoms with E-state index in [0.29, 0.717) is 33.4 Å². The fourth-order valence-corrected chi connectivity index (χ4v) is 6.54. The molecule has 0 radical (unpaired) electrons. The van der Waals surface area contributed by atoms with E-state index in [0.717, 1.165) is 10.6 Å². The van der Waals surface area contributed by atoms with Gasteiger partial charge in [-0.3, -0.25) is 14.4 Å². The van der Waals surface area contributed by atoms with Gasteiger partial charge in [0.05, 0.1) is 41.7 Å². The fraction of sp³-hybridized carbons (Fsp3) is 0.171. The number of rotatable bonds is 11. The summed E-state index contributed by atoms with van der Waals surface area (Å²) in [6.45, 7) is 1.39. The van der Waals surface area contributed by atoms with Crippen molar-refractivity contribution in [2.24, 2.45) is 0 Å². The Morgan fingerprint density at radius 2 is 1.55 bits per heavy atom. The minimum absolute atomic E-state index is 0.0118. The van der Waals surface area contributed by atoms with Crippen LogP contribution in [0.25, 0.3) is 22.3 Å². The summed E-state index contributed by atoms with van der Waals surface area (Å²) in [5, 5.41) is -0.478. The first kappa shape index (κ1) is 33.3. The number of halogens is 2. The molecule has 49 heavy (non-hydrogen) atoms. The molecule has 1 unspecified atom stereocenters. The molecule has 6 rings (SSSR count). The number of sulfone groups is 1. The maximum absolute atomic E-state index is 15.0. The summed E-state index contributed by atoms with van der Waals surface area (Å²) in [6.07, 6.45) is 0.675. The predicted molar refractivity (Wildman–Crippen MR) is 178 cm³/mol. The summed E-state index contributed by atoms with van der Waals surface area (Å²) in [4.78, 5) is 49.5. The topological polar surface area (TPSA) is 157 Å². The van der Waals surface area contributed by atoms with Crippen molar-refractivity contribution in [3.8, 4) is 11.3 Å². The molecule has 0 aliphatic rings. The number of nitrogens with zero attached hydrogens (tertiary/aromatic N) is 3. The van der Waals surface area contributed by atoms with Crippen molar-refractivity contribution in [2.45, 2.75) is 37.8 Å². The SMILES string of the molecule is Cc1cc(-c2cc(F)c(=O)n(Cc3ccc4[nH]c(=O)c(=O)[nH]c4c3)c2)nc(S(=O)(=O)CCC(OCc2ccccc2F)c2ccccc2)n1. The van der Waals surface area contributed by atoms with Crippen LogP contribution in [0.4, 0.5) is 8.78 Å². The van der Waals surface area contributed by atoms with Gasteiger partial charge in [-0.1, -0.05) is 54.6 Å². The molecule has 3 heterocycles. The number of ether oxygens (including phenoxy) is 1. The Kier molecular flexibility index (Phi) is 9.42. The molecule has 250 valence electrons. The molecule has 0 saturated heterocycles. The van der Waals surface area contributed by atoms with Crippen LogP contribution < -0.4 is 16.7 Å². The average Bonchev–Trinajstić information content (AvgIpc) is 3.08. The van der Waals surface area contributed by atoms with E-state index in [2.05, 4.69) is 19.9 Å². The second kappa shape index (κ2) is 13.9. The fourth-order valence-electron chi connectivity index (χ4n) is 5.32. The number of hydrogen-bond donors (Lipinski definition) is 2. The zero-order valence-electron chi connectivity index (χ0n) is 26.0. The first-order valence-corrected chi connectivity index (χ1v) is 16.8. The molecule has 14 heteroatoms. The minimum Gasteiger partial charge on any atom is -0.369 e. The van der Waals surface area contributed by atoms with E-state index in [1.807, 2.05) is 6.07 Å². The lowest BCUT2D eigenvalue weighted by atomic mass is 10.1. The molecule has 3 aromatic heterocycles. The molecular weight excluding hydrogens is 656 g/mol. The third-order valence-electron chi connectivity index (χ3n) is 7.81. The molecule has 0 bridgehead atoms. The van der Waals surface area contributed by atoms with Crippen LogP contribution in [0.3, 0.4) is 0 Å². The highest BCUT2D eigenvalue weighted by molar-refractivity contribution is 7.91. The van der Waals surface area contributed by atoms with Gasteiger partial charge >= 0.3 is 11.1 Å². The van der Waals surface area contributed by atoms with Crippen LogP contribution in [-0.4, -0.2) is 38.7 Å². The highest BCUT2D eigenvalue weighted by Crippen LogP contribution is 2.26. The number of aryl methyl sites for hydroxylation is 1. The van der Waals surface area contributed by atoms with Gasteiger partial charge in [-0.25, -0.2) is 27.2 Å². The molecule has 11 nitrogen and oxygen atoms in total. The van der Waals surface area contributed by atoms with E-state index in [1.165, 1.54) is 18.3 Å². The van der Waals surface area contributed by atoms with Gasteiger partial charge in [-0.05, 0) is 54.8 Å².